The van der Waals surface area contributed by atoms with Gasteiger partial charge in [-0.1, -0.05) is 23.2 Å². The Morgan fingerprint density at radius 2 is 1.83 bits per heavy atom. The summed E-state index contributed by atoms with van der Waals surface area (Å²) in [5.41, 5.74) is 0.676. The van der Waals surface area contributed by atoms with Crippen molar-refractivity contribution in [2.75, 3.05) is 19.3 Å². The predicted molar refractivity (Wildman–Crippen MR) is 131 cm³/mol. The first-order valence-corrected chi connectivity index (χ1v) is 13.7. The summed E-state index contributed by atoms with van der Waals surface area (Å²) in [6.07, 6.45) is -1.34. The van der Waals surface area contributed by atoms with E-state index in [4.69, 9.17) is 23.2 Å². The number of pyridine rings is 2. The standard InChI is InChI=1S/C23H23Cl2F3N4O3S/c1-12-8-18(23(26,27)28)30-21-15(12)9-13(31(21)2)10-16-19(24)17(11-29-20(16)25)22(33)32-6-4-14(5-7-32)36(3,34)35/h8-9,11,14H,4-7,10H2,1-3H3. The van der Waals surface area contributed by atoms with Crippen molar-refractivity contribution in [3.8, 4) is 0 Å². The number of carbonyl (C=O) groups excluding carboxylic acids is 1. The number of alkyl halides is 3. The van der Waals surface area contributed by atoms with E-state index in [-0.39, 0.29) is 46.8 Å². The van der Waals surface area contributed by atoms with Gasteiger partial charge in [-0.15, -0.1) is 0 Å². The molecule has 1 fully saturated rings. The Labute approximate surface area is 216 Å². The Morgan fingerprint density at radius 1 is 1.19 bits per heavy atom. The molecule has 4 rings (SSSR count). The van der Waals surface area contributed by atoms with Crippen molar-refractivity contribution in [3.05, 3.63) is 56.6 Å². The Bertz CT molecular complexity index is 1460. The molecule has 1 saturated heterocycles. The number of hydrogen-bond acceptors (Lipinski definition) is 5. The quantitative estimate of drug-likeness (QED) is 0.424. The molecule has 36 heavy (non-hydrogen) atoms. The molecule has 0 aromatic carbocycles. The molecular weight excluding hydrogens is 540 g/mol. The lowest BCUT2D eigenvalue weighted by molar-refractivity contribution is -0.141. The maximum absolute atomic E-state index is 13.3. The number of aromatic nitrogens is 3. The van der Waals surface area contributed by atoms with Crippen LogP contribution in [0.1, 0.15) is 45.7 Å². The molecule has 0 aliphatic carbocycles. The minimum atomic E-state index is -4.58. The van der Waals surface area contributed by atoms with Crippen molar-refractivity contribution in [2.24, 2.45) is 7.05 Å². The fourth-order valence-corrected chi connectivity index (χ4v) is 6.07. The second kappa shape index (κ2) is 9.50. The third-order valence-electron chi connectivity index (χ3n) is 6.58. The second-order valence-electron chi connectivity index (χ2n) is 9.01. The highest BCUT2D eigenvalue weighted by Crippen LogP contribution is 2.34. The molecule has 0 radical (unpaired) electrons. The first-order chi connectivity index (χ1) is 16.7. The predicted octanol–water partition coefficient (Wildman–Crippen LogP) is 4.84. The molecule has 3 aromatic rings. The summed E-state index contributed by atoms with van der Waals surface area (Å²) in [6, 6.07) is 2.72. The van der Waals surface area contributed by atoms with Crippen LogP contribution in [0.15, 0.2) is 18.3 Å². The summed E-state index contributed by atoms with van der Waals surface area (Å²) in [7, 11) is -1.59. The molecule has 3 aromatic heterocycles. The van der Waals surface area contributed by atoms with Gasteiger partial charge in [0.05, 0.1) is 15.8 Å². The molecule has 0 bridgehead atoms. The van der Waals surface area contributed by atoms with Crippen LogP contribution >= 0.6 is 23.2 Å². The summed E-state index contributed by atoms with van der Waals surface area (Å²) in [5.74, 6) is -0.387. The zero-order chi connectivity index (χ0) is 26.6. The van der Waals surface area contributed by atoms with Crippen LogP contribution in [-0.2, 0) is 29.5 Å². The zero-order valence-electron chi connectivity index (χ0n) is 19.7. The van der Waals surface area contributed by atoms with Crippen LogP contribution in [0.25, 0.3) is 11.0 Å². The Morgan fingerprint density at radius 3 is 2.42 bits per heavy atom. The lowest BCUT2D eigenvalue weighted by atomic mass is 10.1. The third kappa shape index (κ3) is 5.05. The number of rotatable bonds is 4. The van der Waals surface area contributed by atoms with Crippen molar-refractivity contribution in [1.29, 1.82) is 0 Å². The Kier molecular flexibility index (Phi) is 7.04. The van der Waals surface area contributed by atoms with E-state index in [2.05, 4.69) is 9.97 Å². The van der Waals surface area contributed by atoms with E-state index in [9.17, 15) is 26.4 Å². The zero-order valence-corrected chi connectivity index (χ0v) is 22.0. The highest BCUT2D eigenvalue weighted by molar-refractivity contribution is 7.91. The van der Waals surface area contributed by atoms with Crippen LogP contribution in [0.2, 0.25) is 10.2 Å². The molecule has 0 saturated carbocycles. The number of fused-ring (bicyclic) bond motifs is 1. The summed E-state index contributed by atoms with van der Waals surface area (Å²) in [6.45, 7) is 2.11. The molecule has 194 valence electrons. The molecule has 0 unspecified atom stereocenters. The summed E-state index contributed by atoms with van der Waals surface area (Å²) in [5, 5.41) is 0.230. The first kappa shape index (κ1) is 26.7. The molecule has 1 aliphatic heterocycles. The Balaban J connectivity index is 1.65. The van der Waals surface area contributed by atoms with E-state index in [1.165, 1.54) is 21.9 Å². The number of piperidine rings is 1. The highest BCUT2D eigenvalue weighted by atomic mass is 35.5. The number of nitrogens with zero attached hydrogens (tertiary/aromatic N) is 4. The van der Waals surface area contributed by atoms with Crippen molar-refractivity contribution in [3.63, 3.8) is 0 Å². The molecule has 7 nitrogen and oxygen atoms in total. The number of carbonyl (C=O) groups is 1. The van der Waals surface area contributed by atoms with E-state index in [1.54, 1.807) is 20.0 Å². The van der Waals surface area contributed by atoms with Gasteiger partial charge in [-0.2, -0.15) is 13.2 Å². The number of halogens is 5. The molecule has 13 heteroatoms. The van der Waals surface area contributed by atoms with Gasteiger partial charge in [0.15, 0.2) is 0 Å². The topological polar surface area (TPSA) is 85.2 Å². The maximum Gasteiger partial charge on any atom is 0.433 e. The lowest BCUT2D eigenvalue weighted by Crippen LogP contribution is -2.42. The SMILES string of the molecule is Cc1cc(C(F)(F)F)nc2c1cc(Cc1c(Cl)ncc(C(=O)N3CCC(S(C)(=O)=O)CC3)c1Cl)n2C. The van der Waals surface area contributed by atoms with Crippen LogP contribution < -0.4 is 0 Å². The van der Waals surface area contributed by atoms with Gasteiger partial charge in [0.1, 0.15) is 26.3 Å². The fraction of sp³-hybridized carbons (Fsp3) is 0.435. The number of sulfone groups is 1. The summed E-state index contributed by atoms with van der Waals surface area (Å²) >= 11 is 12.9. The fourth-order valence-electron chi connectivity index (χ4n) is 4.46. The number of likely N-dealkylation sites (tertiary alicyclic amines) is 1. The van der Waals surface area contributed by atoms with Crippen LogP contribution in [0.5, 0.6) is 0 Å². The number of amides is 1. The second-order valence-corrected chi connectivity index (χ2v) is 12.1. The van der Waals surface area contributed by atoms with Gasteiger partial charge in [0.2, 0.25) is 0 Å². The normalized spacial score (nSPS) is 15.6. The lowest BCUT2D eigenvalue weighted by Gasteiger charge is -2.31. The van der Waals surface area contributed by atoms with Gasteiger partial charge in [-0.3, -0.25) is 4.79 Å². The Hall–Kier alpha value is -2.37. The number of hydrogen-bond donors (Lipinski definition) is 0. The third-order valence-corrected chi connectivity index (χ3v) is 9.02. The van der Waals surface area contributed by atoms with Gasteiger partial charge in [-0.25, -0.2) is 18.4 Å². The van der Waals surface area contributed by atoms with Gasteiger partial charge in [-0.05, 0) is 37.5 Å². The van der Waals surface area contributed by atoms with Gasteiger partial charge >= 0.3 is 6.18 Å². The molecule has 1 amide bonds. The average Bonchev–Trinajstić information content (AvgIpc) is 3.11. The van der Waals surface area contributed by atoms with Gasteiger partial charge in [0.25, 0.3) is 5.91 Å². The van der Waals surface area contributed by atoms with E-state index >= 15 is 0 Å². The monoisotopic (exact) mass is 562 g/mol. The minimum Gasteiger partial charge on any atom is -0.338 e. The maximum atomic E-state index is 13.3. The van der Waals surface area contributed by atoms with Gasteiger partial charge < -0.3 is 9.47 Å². The van der Waals surface area contributed by atoms with Crippen molar-refractivity contribution < 1.29 is 26.4 Å². The van der Waals surface area contributed by atoms with Crippen molar-refractivity contribution in [2.45, 2.75) is 37.6 Å². The van der Waals surface area contributed by atoms with Crippen LogP contribution in [0.3, 0.4) is 0 Å². The molecule has 0 N–H and O–H groups in total. The largest absolute Gasteiger partial charge is 0.433 e. The molecular formula is C23H23Cl2F3N4O3S. The molecule has 0 spiro atoms. The molecule has 4 heterocycles. The smallest absolute Gasteiger partial charge is 0.338 e. The molecule has 0 atom stereocenters. The van der Waals surface area contributed by atoms with Crippen molar-refractivity contribution >= 4 is 50.0 Å². The first-order valence-electron chi connectivity index (χ1n) is 11.0. The van der Waals surface area contributed by atoms with E-state index in [0.717, 1.165) is 6.07 Å². The van der Waals surface area contributed by atoms with E-state index in [1.807, 2.05) is 0 Å². The average molecular weight is 563 g/mol. The van der Waals surface area contributed by atoms with Crippen molar-refractivity contribution in [1.82, 2.24) is 19.4 Å². The van der Waals surface area contributed by atoms with Crippen LogP contribution in [0, 0.1) is 6.92 Å². The number of aryl methyl sites for hydroxylation is 2. The summed E-state index contributed by atoms with van der Waals surface area (Å²) < 4.78 is 64.9. The van der Waals surface area contributed by atoms with Crippen LogP contribution in [0.4, 0.5) is 13.2 Å². The van der Waals surface area contributed by atoms with Gasteiger partial charge in [0, 0.05) is 55.7 Å². The minimum absolute atomic E-state index is 0.0678. The van der Waals surface area contributed by atoms with E-state index in [0.29, 0.717) is 35.0 Å². The van der Waals surface area contributed by atoms with E-state index < -0.39 is 27.0 Å². The highest BCUT2D eigenvalue weighted by Gasteiger charge is 2.34. The van der Waals surface area contributed by atoms with Crippen LogP contribution in [-0.4, -0.2) is 58.4 Å². The summed E-state index contributed by atoms with van der Waals surface area (Å²) in [4.78, 5) is 22.6. The molecule has 1 aliphatic rings.